The fourth-order valence-electron chi connectivity index (χ4n) is 13.6. The summed E-state index contributed by atoms with van der Waals surface area (Å²) in [4.78, 5) is 190. The number of carboxylic acid groups (broad SMARTS) is 2. The number of nitrogens with one attached hydrogen (secondary N) is 4. The second-order valence-corrected chi connectivity index (χ2v) is 41.3. The number of rotatable bonds is 32. The number of carbonyl (C=O) groups is 15. The van der Waals surface area contributed by atoms with E-state index in [-0.39, 0.29) is 117 Å². The van der Waals surface area contributed by atoms with E-state index in [0.717, 1.165) is 22.9 Å². The molecular formula is C96H134Cl5N15O29S. The van der Waals surface area contributed by atoms with Crippen molar-refractivity contribution in [2.45, 2.75) is 237 Å². The molecule has 0 unspecified atom stereocenters. The second-order valence-electron chi connectivity index (χ2n) is 37.1. The van der Waals surface area contributed by atoms with Crippen LogP contribution in [0.3, 0.4) is 0 Å². The summed E-state index contributed by atoms with van der Waals surface area (Å²) >= 11 is 21.8. The van der Waals surface area contributed by atoms with E-state index >= 15 is 0 Å². The largest absolute Gasteiger partial charge is 0.481 e. The van der Waals surface area contributed by atoms with E-state index in [4.69, 9.17) is 137 Å². The van der Waals surface area contributed by atoms with Gasteiger partial charge < -0.3 is 116 Å². The molecule has 0 aliphatic carbocycles. The summed E-state index contributed by atoms with van der Waals surface area (Å²) in [6.07, 6.45) is -1.01. The molecule has 12 N–H and O–H groups in total. The number of hydrogen-bond donors (Lipinski definition) is 9. The van der Waals surface area contributed by atoms with E-state index in [0.29, 0.717) is 133 Å². The number of amides is 11. The molecule has 0 spiro atoms. The SMILES string of the molecule is CC(C)(C)OC(=O)N[C@@H](CCC(=O)N1CCOCC1)C(=O)O.CC(C)(C)OC(=O)N[C@@H](CCC(=O)N1CCOCC1)C(=O)OCc1ccccc1.CC(C)(C)OC(=O)N[C@@H](CCC(=O)N1CCOCC1)C(N)=O.CC(C)(C)OC(=O)N[C@@H](CCC(=O)O)C(=O)OCc1ccccc1.C[C@@]1(Cc2ccc(C#N)cc2)C(=O)N(c2cc(Cl)cc(Cl)c2)c2ncc(S(=O)(=O)Cl)n21.ClCCl.NC(=O)[C@@H](N)CCC(=O)N1CCOCC1. The molecule has 0 radical (unpaired) electrons. The number of primary amides is 2. The van der Waals surface area contributed by atoms with Gasteiger partial charge in [0.1, 0.15) is 65.3 Å². The van der Waals surface area contributed by atoms with Crippen LogP contribution in [0.15, 0.2) is 114 Å². The number of ether oxygens (including phenoxy) is 10. The molecule has 1 aromatic heterocycles. The number of nitriles is 1. The van der Waals surface area contributed by atoms with Crippen molar-refractivity contribution in [1.82, 2.24) is 50.4 Å². The molecule has 808 valence electrons. The van der Waals surface area contributed by atoms with Crippen molar-refractivity contribution in [3.8, 4) is 6.07 Å². The van der Waals surface area contributed by atoms with Crippen molar-refractivity contribution in [3.05, 3.63) is 142 Å². The van der Waals surface area contributed by atoms with E-state index in [1.54, 1.807) is 146 Å². The lowest BCUT2D eigenvalue weighted by Gasteiger charge is -2.27. The highest BCUT2D eigenvalue weighted by Crippen LogP contribution is 2.45. The fraction of sp³-hybridized carbons (Fsp3) is 0.552. The van der Waals surface area contributed by atoms with Crippen molar-refractivity contribution < 1.29 is 138 Å². The first kappa shape index (κ1) is 126. The van der Waals surface area contributed by atoms with Crippen LogP contribution in [-0.2, 0) is 134 Å². The highest BCUT2D eigenvalue weighted by atomic mass is 35.7. The van der Waals surface area contributed by atoms with Crippen LogP contribution >= 0.6 is 57.1 Å². The molecule has 6 atom stereocenters. The van der Waals surface area contributed by atoms with Gasteiger partial charge in [0.25, 0.3) is 15.0 Å². The van der Waals surface area contributed by atoms with E-state index in [2.05, 4.69) is 26.3 Å². The van der Waals surface area contributed by atoms with Crippen LogP contribution in [0.5, 0.6) is 0 Å². The van der Waals surface area contributed by atoms with Crippen LogP contribution in [0.4, 0.5) is 30.8 Å². The number of fused-ring (bicyclic) bond motifs is 1. The van der Waals surface area contributed by atoms with Gasteiger partial charge in [-0.1, -0.05) is 96.0 Å². The van der Waals surface area contributed by atoms with Gasteiger partial charge in [0, 0.05) is 112 Å². The van der Waals surface area contributed by atoms with Gasteiger partial charge in [-0.05, 0) is 169 Å². The molecule has 0 saturated carbocycles. The summed E-state index contributed by atoms with van der Waals surface area (Å²) in [6.45, 7) is 30.8. The number of carbonyl (C=O) groups excluding carboxylic acids is 13. The number of halogens is 5. The van der Waals surface area contributed by atoms with E-state index in [1.165, 1.54) is 27.7 Å². The Morgan fingerprint density at radius 1 is 0.486 bits per heavy atom. The predicted molar refractivity (Wildman–Crippen MR) is 536 cm³/mol. The summed E-state index contributed by atoms with van der Waals surface area (Å²) in [7, 11) is 1.44. The Hall–Kier alpha value is -12.0. The number of benzene rings is 4. The minimum atomic E-state index is -4.21. The summed E-state index contributed by atoms with van der Waals surface area (Å²) in [6, 6.07) is 26.7. The predicted octanol–water partition coefficient (Wildman–Crippen LogP) is 9.84. The highest BCUT2D eigenvalue weighted by Gasteiger charge is 2.52. The quantitative estimate of drug-likeness (QED) is 0.00836. The van der Waals surface area contributed by atoms with Gasteiger partial charge in [-0.15, -0.1) is 23.2 Å². The van der Waals surface area contributed by atoms with E-state index in [1.807, 2.05) is 54.6 Å². The summed E-state index contributed by atoms with van der Waals surface area (Å²) in [5, 5.41) is 37.0. The van der Waals surface area contributed by atoms with E-state index in [9.17, 15) is 80.3 Å². The molecule has 0 bridgehead atoms. The summed E-state index contributed by atoms with van der Waals surface area (Å²) in [5.74, 6) is -5.47. The smallest absolute Gasteiger partial charge is 0.408 e. The number of carboxylic acids is 2. The molecule has 5 aliphatic heterocycles. The van der Waals surface area contributed by atoms with Crippen LogP contribution in [0.25, 0.3) is 0 Å². The number of alkyl halides is 2. The molecule has 146 heavy (non-hydrogen) atoms. The maximum atomic E-state index is 13.7. The Morgan fingerprint density at radius 2 is 0.808 bits per heavy atom. The third kappa shape index (κ3) is 49.0. The molecule has 10 rings (SSSR count). The lowest BCUT2D eigenvalue weighted by atomic mass is 9.91. The molecule has 50 heteroatoms. The Kier molecular flexibility index (Phi) is 53.8. The third-order valence-electron chi connectivity index (χ3n) is 20.6. The maximum Gasteiger partial charge on any atom is 0.408 e. The zero-order valence-electron chi connectivity index (χ0n) is 84.0. The Labute approximate surface area is 873 Å². The number of imidazole rings is 1. The molecule has 4 aromatic carbocycles. The molecule has 5 aliphatic rings. The molecule has 11 amide bonds. The Balaban J connectivity index is 0.000000367. The minimum Gasteiger partial charge on any atom is -0.481 e. The zero-order valence-corrected chi connectivity index (χ0v) is 88.6. The normalized spacial score (nSPS) is 16.0. The van der Waals surface area contributed by atoms with Gasteiger partial charge in [-0.25, -0.2) is 51.9 Å². The standard InChI is InChI=1S/C21H30N2O6.C20H13Cl3N4O3S.C17H23NO6.C14H25N3O5.C14H24N2O6.C9H17N3O3.CH2Cl2/c1-21(2,3)29-20(26)22-17(9-10-18(24)23-11-13-27-14-12-23)19(25)28-15-16-7-5-4-6-8-16;1-20(9-12-2-4-13(10-24)5-3-12)18(28)26(16-7-14(21)6-15(22)8-16)19-25-11-17(27(19)20)31(23,29)30;1-17(2,3)24-16(22)18-13(9-10-14(19)20)15(21)23-11-12-7-5-4-6-8-12;1-14(2,3)22-13(20)16-10(12(15)19)4-5-11(18)17-6-8-21-9-7-17;1-14(2,3)22-13(20)15-10(12(18)19)4-5-11(17)16-6-8-21-9-7-16;10-7(9(11)14)1-2-8(13)12-3-5-15-6-4-12;2-1-3/h4-8,17H,9-15H2,1-3H3,(H,22,26);2-8,11H,9H2,1H3;4-8,13H,9-11H2,1-3H3,(H,18,22)(H,19,20);10H,4-9H2,1-3H3,(H2,15,19)(H,16,20);10H,4-9H2,1-3H3,(H,15,20)(H,18,19);7H,1-6,10H2,(H2,11,14);1H2/t17-;20-;13-;2*10-;7-;/m010000./s1. The van der Waals surface area contributed by atoms with Gasteiger partial charge >= 0.3 is 48.3 Å². The first-order chi connectivity index (χ1) is 68.4. The van der Waals surface area contributed by atoms with Crippen LogP contribution < -0.4 is 43.4 Å². The van der Waals surface area contributed by atoms with Gasteiger partial charge in [0.2, 0.25) is 41.4 Å². The first-order valence-corrected chi connectivity index (χ1v) is 50.5. The van der Waals surface area contributed by atoms with Crippen molar-refractivity contribution >= 4 is 167 Å². The number of alkyl carbamates (subject to hydrolysis) is 4. The molecule has 4 fully saturated rings. The number of nitrogens with zero attached hydrogens (tertiary/aromatic N) is 8. The average Bonchev–Trinajstić information content (AvgIpc) is 1.55. The van der Waals surface area contributed by atoms with Crippen LogP contribution in [0.1, 0.15) is 176 Å². The van der Waals surface area contributed by atoms with Crippen molar-refractivity contribution in [2.75, 3.05) is 115 Å². The summed E-state index contributed by atoms with van der Waals surface area (Å²) < 4.78 is 77.4. The third-order valence-corrected chi connectivity index (χ3v) is 22.3. The van der Waals surface area contributed by atoms with Crippen molar-refractivity contribution in [2.24, 2.45) is 17.2 Å². The molecule has 4 saturated heterocycles. The second kappa shape index (κ2) is 62.2. The number of hydrogen-bond acceptors (Lipinski definition) is 30. The van der Waals surface area contributed by atoms with Crippen LogP contribution in [-0.4, -0.2) is 301 Å². The molecule has 5 aromatic rings. The number of nitrogens with two attached hydrogens (primary N) is 3. The lowest BCUT2D eigenvalue weighted by Crippen LogP contribution is -2.47. The maximum absolute atomic E-state index is 13.7. The van der Waals surface area contributed by atoms with Gasteiger partial charge in [-0.2, -0.15) is 5.26 Å². The number of aromatic nitrogens is 2. The number of esters is 2. The Bertz CT molecular complexity index is 5170. The molecule has 44 nitrogen and oxygen atoms in total. The van der Waals surface area contributed by atoms with Gasteiger partial charge in [0.05, 0.1) is 87.8 Å². The monoisotopic (exact) mass is 2170 g/mol. The van der Waals surface area contributed by atoms with Crippen molar-refractivity contribution in [1.29, 1.82) is 5.26 Å². The lowest BCUT2D eigenvalue weighted by molar-refractivity contribution is -0.149. The fourth-order valence-corrected chi connectivity index (χ4v) is 15.1. The number of aliphatic carboxylic acids is 2. The summed E-state index contributed by atoms with van der Waals surface area (Å²) in [5.41, 5.74) is 14.7. The molecular weight excluding hydrogens is 2040 g/mol. The average molecular weight is 2170 g/mol. The van der Waals surface area contributed by atoms with Crippen molar-refractivity contribution in [3.63, 3.8) is 0 Å². The van der Waals surface area contributed by atoms with Crippen LogP contribution in [0.2, 0.25) is 10.0 Å². The topological polar surface area (TPSA) is 607 Å². The minimum absolute atomic E-state index is 0.00926. The first-order valence-electron chi connectivity index (χ1n) is 46.4. The number of morpholine rings is 4. The van der Waals surface area contributed by atoms with Gasteiger partial charge in [-0.3, -0.25) is 42.9 Å². The van der Waals surface area contributed by atoms with E-state index < -0.39 is 133 Å². The van der Waals surface area contributed by atoms with Crippen LogP contribution in [0, 0.1) is 11.3 Å². The number of anilines is 2. The molecule has 6 heterocycles. The Morgan fingerprint density at radius 3 is 1.12 bits per heavy atom. The zero-order chi connectivity index (χ0) is 109. The highest BCUT2D eigenvalue weighted by molar-refractivity contribution is 8.13. The van der Waals surface area contributed by atoms with Gasteiger partial charge in [0.15, 0.2) is 5.03 Å².